The number of rotatable bonds is 7. The number of likely N-dealkylation sites (tertiary alicyclic amines) is 1. The van der Waals surface area contributed by atoms with Crippen LogP contribution < -0.4 is 5.56 Å². The summed E-state index contributed by atoms with van der Waals surface area (Å²) in [6.07, 6.45) is 1.86. The Hall–Kier alpha value is -2.39. The number of amides is 1. The maximum atomic E-state index is 13.1. The lowest BCUT2D eigenvalue weighted by Crippen LogP contribution is -2.43. The lowest BCUT2D eigenvalue weighted by Gasteiger charge is -2.34. The molecular weight excluding hydrogens is 414 g/mol. The topological polar surface area (TPSA) is 81.7 Å². The Morgan fingerprint density at radius 1 is 1.19 bits per heavy atom. The number of ether oxygens (including phenoxy) is 1. The second kappa shape index (κ2) is 9.40. The van der Waals surface area contributed by atoms with E-state index >= 15 is 0 Å². The summed E-state index contributed by atoms with van der Waals surface area (Å²) in [6, 6.07) is 7.47. The summed E-state index contributed by atoms with van der Waals surface area (Å²) in [7, 11) is 1.64. The van der Waals surface area contributed by atoms with Crippen LogP contribution in [0.2, 0.25) is 0 Å². The van der Waals surface area contributed by atoms with Crippen molar-refractivity contribution in [3.63, 3.8) is 0 Å². The number of thioether (sulfide) groups is 1. The predicted octanol–water partition coefficient (Wildman–Crippen LogP) is 2.68. The van der Waals surface area contributed by atoms with Crippen LogP contribution in [0.15, 0.2) is 34.2 Å². The summed E-state index contributed by atoms with van der Waals surface area (Å²) >= 11 is 1.38. The number of piperidine rings is 1. The molecular formula is C22H29N5O3S. The van der Waals surface area contributed by atoms with Crippen LogP contribution in [0.25, 0.3) is 16.7 Å². The predicted molar refractivity (Wildman–Crippen MR) is 121 cm³/mol. The SMILES string of the molecule is COCCCn1c(=O)c2ccccc2n2c(SCC(=O)N3CC(C)CC(C)C3)nnc12. The molecule has 1 aromatic carbocycles. The van der Waals surface area contributed by atoms with Crippen molar-refractivity contribution >= 4 is 34.3 Å². The minimum atomic E-state index is -0.0875. The van der Waals surface area contributed by atoms with E-state index in [4.69, 9.17) is 4.74 Å². The first-order valence-corrected chi connectivity index (χ1v) is 11.7. The van der Waals surface area contributed by atoms with E-state index in [0.717, 1.165) is 18.6 Å². The first-order chi connectivity index (χ1) is 15.0. The molecule has 9 heteroatoms. The molecule has 0 N–H and O–H groups in total. The van der Waals surface area contributed by atoms with E-state index in [1.807, 2.05) is 33.6 Å². The third-order valence-corrected chi connectivity index (χ3v) is 6.67. The molecule has 4 rings (SSSR count). The lowest BCUT2D eigenvalue weighted by molar-refractivity contribution is -0.130. The van der Waals surface area contributed by atoms with E-state index in [0.29, 0.717) is 53.5 Å². The van der Waals surface area contributed by atoms with Crippen molar-refractivity contribution in [2.45, 2.75) is 38.4 Å². The van der Waals surface area contributed by atoms with E-state index in [-0.39, 0.29) is 11.5 Å². The van der Waals surface area contributed by atoms with Gasteiger partial charge in [-0.15, -0.1) is 10.2 Å². The minimum absolute atomic E-state index is 0.0875. The number of carbonyl (C=O) groups excluding carboxylic acids is 1. The van der Waals surface area contributed by atoms with Gasteiger partial charge in [-0.1, -0.05) is 37.7 Å². The fraction of sp³-hybridized carbons (Fsp3) is 0.545. The van der Waals surface area contributed by atoms with Gasteiger partial charge in [0, 0.05) is 33.4 Å². The van der Waals surface area contributed by atoms with Gasteiger partial charge in [-0.25, -0.2) is 0 Å². The Morgan fingerprint density at radius 2 is 1.94 bits per heavy atom. The molecule has 2 unspecified atom stereocenters. The number of aromatic nitrogens is 4. The molecule has 0 radical (unpaired) electrons. The zero-order chi connectivity index (χ0) is 22.0. The largest absolute Gasteiger partial charge is 0.385 e. The van der Waals surface area contributed by atoms with Crippen molar-refractivity contribution in [3.05, 3.63) is 34.6 Å². The molecule has 166 valence electrons. The summed E-state index contributed by atoms with van der Waals surface area (Å²) in [5.41, 5.74) is 0.668. The van der Waals surface area contributed by atoms with Crippen molar-refractivity contribution in [3.8, 4) is 0 Å². The highest BCUT2D eigenvalue weighted by molar-refractivity contribution is 7.99. The van der Waals surface area contributed by atoms with Gasteiger partial charge in [-0.05, 0) is 36.8 Å². The molecule has 1 fully saturated rings. The molecule has 0 spiro atoms. The van der Waals surface area contributed by atoms with Crippen LogP contribution in [0.1, 0.15) is 26.7 Å². The zero-order valence-corrected chi connectivity index (χ0v) is 19.1. The summed E-state index contributed by atoms with van der Waals surface area (Å²) < 4.78 is 8.68. The van der Waals surface area contributed by atoms with Crippen molar-refractivity contribution in [1.82, 2.24) is 24.1 Å². The van der Waals surface area contributed by atoms with Gasteiger partial charge in [0.15, 0.2) is 5.16 Å². The van der Waals surface area contributed by atoms with Gasteiger partial charge < -0.3 is 9.64 Å². The maximum Gasteiger partial charge on any atom is 0.262 e. The first kappa shape index (κ1) is 21.8. The highest BCUT2D eigenvalue weighted by atomic mass is 32.2. The van der Waals surface area contributed by atoms with E-state index < -0.39 is 0 Å². The fourth-order valence-corrected chi connectivity index (χ4v) is 5.32. The number of hydrogen-bond donors (Lipinski definition) is 0. The van der Waals surface area contributed by atoms with Gasteiger partial charge in [-0.2, -0.15) is 0 Å². The van der Waals surface area contributed by atoms with Crippen molar-refractivity contribution < 1.29 is 9.53 Å². The molecule has 3 aromatic rings. The Balaban J connectivity index is 1.64. The maximum absolute atomic E-state index is 13.1. The van der Waals surface area contributed by atoms with Crippen LogP contribution in [0.5, 0.6) is 0 Å². The van der Waals surface area contributed by atoms with Crippen LogP contribution in [0, 0.1) is 11.8 Å². The monoisotopic (exact) mass is 443 g/mol. The average Bonchev–Trinajstić information content (AvgIpc) is 3.17. The number of aryl methyl sites for hydroxylation is 1. The molecule has 0 bridgehead atoms. The summed E-state index contributed by atoms with van der Waals surface area (Å²) in [4.78, 5) is 27.9. The molecule has 1 saturated heterocycles. The Labute approximate surface area is 185 Å². The minimum Gasteiger partial charge on any atom is -0.385 e. The normalized spacial score (nSPS) is 19.4. The number of benzene rings is 1. The molecule has 1 aliphatic rings. The Kier molecular flexibility index (Phi) is 6.62. The average molecular weight is 444 g/mol. The van der Waals surface area contributed by atoms with Crippen LogP contribution in [-0.4, -0.2) is 62.5 Å². The number of para-hydroxylation sites is 1. The van der Waals surface area contributed by atoms with Crippen LogP contribution in [0.4, 0.5) is 0 Å². The number of carbonyl (C=O) groups is 1. The number of hydrogen-bond acceptors (Lipinski definition) is 6. The highest BCUT2D eigenvalue weighted by Gasteiger charge is 2.26. The number of fused-ring (bicyclic) bond motifs is 3. The van der Waals surface area contributed by atoms with Gasteiger partial charge in [0.2, 0.25) is 11.7 Å². The van der Waals surface area contributed by atoms with Gasteiger partial charge >= 0.3 is 0 Å². The van der Waals surface area contributed by atoms with Crippen molar-refractivity contribution in [2.75, 3.05) is 32.6 Å². The lowest BCUT2D eigenvalue weighted by atomic mass is 9.92. The van der Waals surface area contributed by atoms with Crippen LogP contribution >= 0.6 is 11.8 Å². The molecule has 8 nitrogen and oxygen atoms in total. The van der Waals surface area contributed by atoms with Gasteiger partial charge in [0.1, 0.15) is 0 Å². The molecule has 31 heavy (non-hydrogen) atoms. The van der Waals surface area contributed by atoms with Crippen LogP contribution in [-0.2, 0) is 16.1 Å². The number of nitrogens with zero attached hydrogens (tertiary/aromatic N) is 5. The van der Waals surface area contributed by atoms with E-state index in [1.165, 1.54) is 18.2 Å². The first-order valence-electron chi connectivity index (χ1n) is 10.8. The molecule has 2 atom stereocenters. The van der Waals surface area contributed by atoms with Gasteiger partial charge in [0.05, 0.1) is 16.7 Å². The standard InChI is InChI=1S/C22H29N5O3S/c1-15-11-16(2)13-25(12-15)19(28)14-31-22-24-23-21-26(9-6-10-30-3)20(29)17-7-4-5-8-18(17)27(21)22/h4-5,7-8,15-16H,6,9-14H2,1-3H3. The third kappa shape index (κ3) is 4.48. The third-order valence-electron chi connectivity index (χ3n) is 5.75. The van der Waals surface area contributed by atoms with Crippen molar-refractivity contribution in [1.29, 1.82) is 0 Å². The summed E-state index contributed by atoms with van der Waals surface area (Å²) in [5.74, 6) is 1.97. The summed E-state index contributed by atoms with van der Waals surface area (Å²) in [5, 5.41) is 9.88. The highest BCUT2D eigenvalue weighted by Crippen LogP contribution is 2.25. The Bertz CT molecular complexity index is 1130. The molecule has 0 saturated carbocycles. The van der Waals surface area contributed by atoms with E-state index in [9.17, 15) is 9.59 Å². The summed E-state index contributed by atoms with van der Waals surface area (Å²) in [6.45, 7) is 7.07. The Morgan fingerprint density at radius 3 is 2.68 bits per heavy atom. The van der Waals surface area contributed by atoms with Crippen LogP contribution in [0.3, 0.4) is 0 Å². The van der Waals surface area contributed by atoms with Gasteiger partial charge in [-0.3, -0.25) is 18.6 Å². The molecule has 0 aliphatic carbocycles. The smallest absolute Gasteiger partial charge is 0.262 e. The molecule has 1 amide bonds. The second-order valence-corrected chi connectivity index (χ2v) is 9.41. The van der Waals surface area contributed by atoms with Gasteiger partial charge in [0.25, 0.3) is 5.56 Å². The van der Waals surface area contributed by atoms with E-state index in [1.54, 1.807) is 11.7 Å². The molecule has 2 aromatic heterocycles. The van der Waals surface area contributed by atoms with Crippen molar-refractivity contribution in [2.24, 2.45) is 11.8 Å². The molecule has 3 heterocycles. The van der Waals surface area contributed by atoms with E-state index in [2.05, 4.69) is 24.0 Å². The molecule has 1 aliphatic heterocycles. The second-order valence-electron chi connectivity index (χ2n) is 8.47. The quantitative estimate of drug-likeness (QED) is 0.413. The number of methoxy groups -OCH3 is 1. The zero-order valence-electron chi connectivity index (χ0n) is 18.3. The fourth-order valence-electron chi connectivity index (χ4n) is 4.48.